The van der Waals surface area contributed by atoms with Crippen LogP contribution in [0.25, 0.3) is 22.2 Å². The van der Waals surface area contributed by atoms with Crippen molar-refractivity contribution in [2.75, 3.05) is 0 Å². The van der Waals surface area contributed by atoms with Crippen molar-refractivity contribution in [2.45, 2.75) is 6.18 Å². The van der Waals surface area contributed by atoms with Gasteiger partial charge in [-0.2, -0.15) is 13.2 Å². The van der Waals surface area contributed by atoms with Crippen molar-refractivity contribution in [3.05, 3.63) is 54.4 Å². The fraction of sp³-hybridized carbons (Fsp3) is 0.0714. The Morgan fingerprint density at radius 3 is 2.42 bits per heavy atom. The second kappa shape index (κ2) is 4.12. The van der Waals surface area contributed by atoms with Gasteiger partial charge < -0.3 is 4.98 Å². The van der Waals surface area contributed by atoms with Crippen molar-refractivity contribution in [3.8, 4) is 11.1 Å². The Kier molecular flexibility index (Phi) is 2.55. The molecule has 0 fully saturated rings. The molecule has 19 heavy (non-hydrogen) atoms. The number of benzene rings is 1. The minimum atomic E-state index is -4.46. The Morgan fingerprint density at radius 1 is 1.00 bits per heavy atom. The van der Waals surface area contributed by atoms with Crippen LogP contribution in [-0.4, -0.2) is 9.97 Å². The van der Waals surface area contributed by atoms with Gasteiger partial charge in [0.2, 0.25) is 0 Å². The number of hydrogen-bond donors (Lipinski definition) is 1. The van der Waals surface area contributed by atoms with Gasteiger partial charge in [0.1, 0.15) is 11.3 Å². The van der Waals surface area contributed by atoms with Gasteiger partial charge in [-0.25, -0.2) is 4.98 Å². The van der Waals surface area contributed by atoms with E-state index >= 15 is 0 Å². The monoisotopic (exact) mass is 262 g/mol. The third kappa shape index (κ3) is 2.07. The predicted octanol–water partition coefficient (Wildman–Crippen LogP) is 4.25. The number of alkyl halides is 3. The van der Waals surface area contributed by atoms with E-state index in [1.54, 1.807) is 36.5 Å². The van der Waals surface area contributed by atoms with Gasteiger partial charge in [-0.05, 0) is 23.3 Å². The third-order valence-electron chi connectivity index (χ3n) is 2.90. The van der Waals surface area contributed by atoms with Gasteiger partial charge in [0.25, 0.3) is 0 Å². The van der Waals surface area contributed by atoms with Crippen LogP contribution >= 0.6 is 0 Å². The van der Waals surface area contributed by atoms with Gasteiger partial charge in [-0.1, -0.05) is 30.3 Å². The maximum atomic E-state index is 12.8. The highest BCUT2D eigenvalue weighted by molar-refractivity contribution is 5.93. The van der Waals surface area contributed by atoms with Crippen LogP contribution in [0.1, 0.15) is 5.69 Å². The van der Waals surface area contributed by atoms with Crippen LogP contribution in [0.3, 0.4) is 0 Å². The molecule has 5 heteroatoms. The highest BCUT2D eigenvalue weighted by Gasteiger charge is 2.33. The molecule has 96 valence electrons. The van der Waals surface area contributed by atoms with Crippen LogP contribution in [0.15, 0.2) is 48.7 Å². The van der Waals surface area contributed by atoms with Crippen molar-refractivity contribution in [3.63, 3.8) is 0 Å². The summed E-state index contributed by atoms with van der Waals surface area (Å²) in [7, 11) is 0. The summed E-state index contributed by atoms with van der Waals surface area (Å²) >= 11 is 0. The number of nitrogens with one attached hydrogen (secondary N) is 1. The number of fused-ring (bicyclic) bond motifs is 1. The zero-order chi connectivity index (χ0) is 13.5. The van der Waals surface area contributed by atoms with Gasteiger partial charge in [-0.15, -0.1) is 0 Å². The fourth-order valence-electron chi connectivity index (χ4n) is 2.04. The first kappa shape index (κ1) is 11.8. The van der Waals surface area contributed by atoms with Crippen LogP contribution in [-0.2, 0) is 6.18 Å². The number of aromatic nitrogens is 2. The van der Waals surface area contributed by atoms with Crippen LogP contribution < -0.4 is 0 Å². The Labute approximate surface area is 106 Å². The standard InChI is InChI=1S/C14H9F3N2/c15-14(16,17)12-8-11(9-4-2-1-3-5-9)10-6-7-18-13(10)19-12/h1-8H,(H,18,19). The summed E-state index contributed by atoms with van der Waals surface area (Å²) in [5, 5.41) is 0.680. The van der Waals surface area contributed by atoms with E-state index in [1.165, 1.54) is 0 Å². The van der Waals surface area contributed by atoms with Crippen molar-refractivity contribution in [2.24, 2.45) is 0 Å². The molecule has 2 nitrogen and oxygen atoms in total. The Bertz CT molecular complexity index is 714. The van der Waals surface area contributed by atoms with E-state index in [2.05, 4.69) is 9.97 Å². The Morgan fingerprint density at radius 2 is 1.74 bits per heavy atom. The molecule has 0 saturated heterocycles. The van der Waals surface area contributed by atoms with Crippen molar-refractivity contribution in [1.29, 1.82) is 0 Å². The predicted molar refractivity (Wildman–Crippen MR) is 66.5 cm³/mol. The molecule has 1 N–H and O–H groups in total. The highest BCUT2D eigenvalue weighted by atomic mass is 19.4. The molecule has 0 amide bonds. The first-order chi connectivity index (χ1) is 9.05. The minimum absolute atomic E-state index is 0.244. The Balaban J connectivity index is 2.31. The van der Waals surface area contributed by atoms with Crippen LogP contribution in [0, 0.1) is 0 Å². The van der Waals surface area contributed by atoms with E-state index in [-0.39, 0.29) is 5.65 Å². The molecule has 0 radical (unpaired) electrons. The number of nitrogens with zero attached hydrogens (tertiary/aromatic N) is 1. The molecule has 0 aliphatic carbocycles. The Hall–Kier alpha value is -2.30. The zero-order valence-corrected chi connectivity index (χ0v) is 9.70. The maximum absolute atomic E-state index is 12.8. The molecule has 2 heterocycles. The van der Waals surface area contributed by atoms with Gasteiger partial charge in [0, 0.05) is 11.6 Å². The quantitative estimate of drug-likeness (QED) is 0.697. The third-order valence-corrected chi connectivity index (χ3v) is 2.90. The highest BCUT2D eigenvalue weighted by Crippen LogP contribution is 2.34. The van der Waals surface area contributed by atoms with Gasteiger partial charge in [0.15, 0.2) is 0 Å². The SMILES string of the molecule is FC(F)(F)c1cc(-c2ccccc2)c2cc[nH]c2n1. The molecule has 3 rings (SSSR count). The molecule has 1 aromatic carbocycles. The van der Waals surface area contributed by atoms with Crippen LogP contribution in [0.2, 0.25) is 0 Å². The van der Waals surface area contributed by atoms with E-state index in [9.17, 15) is 13.2 Å². The lowest BCUT2D eigenvalue weighted by molar-refractivity contribution is -0.140. The minimum Gasteiger partial charge on any atom is -0.346 e. The first-order valence-electron chi connectivity index (χ1n) is 5.66. The molecule has 3 aromatic rings. The van der Waals surface area contributed by atoms with E-state index in [4.69, 9.17) is 0 Å². The summed E-state index contributed by atoms with van der Waals surface area (Å²) in [5.41, 5.74) is 0.620. The summed E-state index contributed by atoms with van der Waals surface area (Å²) in [5.74, 6) is 0. The van der Waals surface area contributed by atoms with Crippen molar-refractivity contribution >= 4 is 11.0 Å². The number of pyridine rings is 1. The van der Waals surface area contributed by atoms with Crippen LogP contribution in [0.4, 0.5) is 13.2 Å². The number of halogens is 3. The van der Waals surface area contributed by atoms with E-state index in [0.717, 1.165) is 11.6 Å². The summed E-state index contributed by atoms with van der Waals surface area (Å²) in [6, 6.07) is 11.8. The summed E-state index contributed by atoms with van der Waals surface area (Å²) < 4.78 is 38.5. The van der Waals surface area contributed by atoms with Crippen molar-refractivity contribution in [1.82, 2.24) is 9.97 Å². The fourth-order valence-corrected chi connectivity index (χ4v) is 2.04. The van der Waals surface area contributed by atoms with E-state index in [1.807, 2.05) is 6.07 Å². The topological polar surface area (TPSA) is 28.7 Å². The molecule has 0 bridgehead atoms. The molecule has 0 aliphatic heterocycles. The van der Waals surface area contributed by atoms with Crippen LogP contribution in [0.5, 0.6) is 0 Å². The number of rotatable bonds is 1. The number of H-pyrrole nitrogens is 1. The van der Waals surface area contributed by atoms with Crippen molar-refractivity contribution < 1.29 is 13.2 Å². The smallest absolute Gasteiger partial charge is 0.346 e. The summed E-state index contributed by atoms with van der Waals surface area (Å²) in [4.78, 5) is 6.34. The second-order valence-corrected chi connectivity index (χ2v) is 4.16. The first-order valence-corrected chi connectivity index (χ1v) is 5.66. The average molecular weight is 262 g/mol. The molecular weight excluding hydrogens is 253 g/mol. The largest absolute Gasteiger partial charge is 0.433 e. The normalized spacial score (nSPS) is 11.9. The molecule has 0 saturated carbocycles. The lowest BCUT2D eigenvalue weighted by atomic mass is 10.0. The van der Waals surface area contributed by atoms with Gasteiger partial charge in [-0.3, -0.25) is 0 Å². The number of aromatic amines is 1. The second-order valence-electron chi connectivity index (χ2n) is 4.16. The molecule has 0 atom stereocenters. The van der Waals surface area contributed by atoms with E-state index < -0.39 is 11.9 Å². The zero-order valence-electron chi connectivity index (χ0n) is 9.70. The van der Waals surface area contributed by atoms with E-state index in [0.29, 0.717) is 10.9 Å². The number of hydrogen-bond acceptors (Lipinski definition) is 1. The summed E-state index contributed by atoms with van der Waals surface area (Å²) in [6.07, 6.45) is -2.87. The molecular formula is C14H9F3N2. The molecule has 0 aliphatic rings. The average Bonchev–Trinajstić information content (AvgIpc) is 2.85. The summed E-state index contributed by atoms with van der Waals surface area (Å²) in [6.45, 7) is 0. The molecule has 2 aromatic heterocycles. The maximum Gasteiger partial charge on any atom is 0.433 e. The lowest BCUT2D eigenvalue weighted by Gasteiger charge is -2.09. The molecule has 0 spiro atoms. The lowest BCUT2D eigenvalue weighted by Crippen LogP contribution is -2.08. The van der Waals surface area contributed by atoms with Gasteiger partial charge >= 0.3 is 6.18 Å². The molecule has 0 unspecified atom stereocenters. The van der Waals surface area contributed by atoms with Gasteiger partial charge in [0.05, 0.1) is 0 Å².